The van der Waals surface area contributed by atoms with E-state index in [9.17, 15) is 0 Å². The van der Waals surface area contributed by atoms with Gasteiger partial charge in [-0.15, -0.1) is 11.8 Å². The highest BCUT2D eigenvalue weighted by Gasteiger charge is 2.28. The average Bonchev–Trinajstić information content (AvgIpc) is 2.75. The Hall–Kier alpha value is -1.00. The Balaban J connectivity index is 1.60. The van der Waals surface area contributed by atoms with E-state index in [1.165, 1.54) is 24.9 Å². The molecule has 0 radical (unpaired) electrons. The summed E-state index contributed by atoms with van der Waals surface area (Å²) in [5, 5.41) is 0.724. The summed E-state index contributed by atoms with van der Waals surface area (Å²) in [5.41, 5.74) is 9.96. The molecule has 0 saturated carbocycles. The van der Waals surface area contributed by atoms with Crippen LogP contribution >= 0.6 is 11.8 Å². The van der Waals surface area contributed by atoms with Crippen LogP contribution in [0.4, 0.5) is 5.69 Å². The molecule has 0 aliphatic carbocycles. The smallest absolute Gasteiger partial charge is 0.0640 e. The van der Waals surface area contributed by atoms with Crippen molar-refractivity contribution in [3.05, 3.63) is 29.8 Å². The quantitative estimate of drug-likeness (QED) is 0.831. The van der Waals surface area contributed by atoms with Gasteiger partial charge >= 0.3 is 0 Å². The minimum atomic E-state index is 0.561. The molecule has 0 amide bonds. The molecule has 0 spiro atoms. The molecule has 2 aliphatic heterocycles. The monoisotopic (exact) mass is 261 g/mol. The SMILES string of the molecule is Nc1ccc(CN2CCC3N=CSC3CC2)cc1. The van der Waals surface area contributed by atoms with Gasteiger partial charge in [-0.05, 0) is 37.1 Å². The molecule has 18 heavy (non-hydrogen) atoms. The van der Waals surface area contributed by atoms with Crippen LogP contribution in [0.3, 0.4) is 0 Å². The van der Waals surface area contributed by atoms with E-state index >= 15 is 0 Å². The minimum absolute atomic E-state index is 0.561. The predicted octanol–water partition coefficient (Wildman–Crippen LogP) is 2.38. The third kappa shape index (κ3) is 2.70. The van der Waals surface area contributed by atoms with Crippen molar-refractivity contribution < 1.29 is 0 Å². The van der Waals surface area contributed by atoms with Crippen LogP contribution in [0.2, 0.25) is 0 Å². The van der Waals surface area contributed by atoms with Gasteiger partial charge in [-0.1, -0.05) is 12.1 Å². The van der Waals surface area contributed by atoms with E-state index in [2.05, 4.69) is 22.0 Å². The van der Waals surface area contributed by atoms with Crippen molar-refractivity contribution in [1.82, 2.24) is 4.90 Å². The molecular weight excluding hydrogens is 242 g/mol. The van der Waals surface area contributed by atoms with Gasteiger partial charge < -0.3 is 5.73 Å². The molecule has 2 unspecified atom stereocenters. The number of nitrogen functional groups attached to an aromatic ring is 1. The van der Waals surface area contributed by atoms with Gasteiger partial charge in [0.05, 0.1) is 11.6 Å². The molecule has 1 fully saturated rings. The summed E-state index contributed by atoms with van der Waals surface area (Å²) in [5.74, 6) is 0. The summed E-state index contributed by atoms with van der Waals surface area (Å²) in [6, 6.07) is 8.80. The van der Waals surface area contributed by atoms with Crippen LogP contribution in [0.25, 0.3) is 0 Å². The molecule has 1 saturated heterocycles. The molecule has 2 heterocycles. The topological polar surface area (TPSA) is 41.6 Å². The second-order valence-electron chi connectivity index (χ2n) is 5.09. The van der Waals surface area contributed by atoms with Crippen molar-refractivity contribution in [1.29, 1.82) is 0 Å². The lowest BCUT2D eigenvalue weighted by atomic mass is 10.1. The van der Waals surface area contributed by atoms with Gasteiger partial charge in [-0.3, -0.25) is 9.89 Å². The van der Waals surface area contributed by atoms with E-state index in [0.717, 1.165) is 24.0 Å². The number of hydrogen-bond donors (Lipinski definition) is 1. The second kappa shape index (κ2) is 5.33. The molecule has 2 atom stereocenters. The summed E-state index contributed by atoms with van der Waals surface area (Å²) in [4.78, 5) is 7.11. The maximum atomic E-state index is 5.71. The van der Waals surface area contributed by atoms with Crippen molar-refractivity contribution in [2.75, 3.05) is 18.8 Å². The number of benzene rings is 1. The van der Waals surface area contributed by atoms with E-state index in [0.29, 0.717) is 6.04 Å². The number of thioether (sulfide) groups is 1. The predicted molar refractivity (Wildman–Crippen MR) is 79.0 cm³/mol. The zero-order valence-corrected chi connectivity index (χ0v) is 11.3. The number of fused-ring (bicyclic) bond motifs is 1. The van der Waals surface area contributed by atoms with Crippen molar-refractivity contribution in [3.63, 3.8) is 0 Å². The molecule has 0 bridgehead atoms. The summed E-state index contributed by atoms with van der Waals surface area (Å²) >= 11 is 1.92. The van der Waals surface area contributed by atoms with Crippen LogP contribution in [0, 0.1) is 0 Å². The molecule has 96 valence electrons. The van der Waals surface area contributed by atoms with Crippen LogP contribution in [0.1, 0.15) is 18.4 Å². The van der Waals surface area contributed by atoms with Gasteiger partial charge in [0.2, 0.25) is 0 Å². The Morgan fingerprint density at radius 3 is 2.83 bits per heavy atom. The number of rotatable bonds is 2. The third-order valence-corrected chi connectivity index (χ3v) is 4.92. The number of likely N-dealkylation sites (tertiary alicyclic amines) is 1. The van der Waals surface area contributed by atoms with E-state index in [4.69, 9.17) is 5.73 Å². The Kier molecular flexibility index (Phi) is 3.57. The van der Waals surface area contributed by atoms with Crippen molar-refractivity contribution in [2.45, 2.75) is 30.7 Å². The van der Waals surface area contributed by atoms with Crippen LogP contribution < -0.4 is 5.73 Å². The first-order chi connectivity index (χ1) is 8.81. The number of anilines is 1. The third-order valence-electron chi connectivity index (χ3n) is 3.77. The summed E-state index contributed by atoms with van der Waals surface area (Å²) in [7, 11) is 0. The lowest BCUT2D eigenvalue weighted by Crippen LogP contribution is -2.24. The van der Waals surface area contributed by atoms with Gasteiger partial charge in [0.15, 0.2) is 0 Å². The first kappa shape index (κ1) is 12.1. The van der Waals surface area contributed by atoms with Gasteiger partial charge in [0.25, 0.3) is 0 Å². The molecule has 0 aromatic heterocycles. The summed E-state index contributed by atoms with van der Waals surface area (Å²) in [6.07, 6.45) is 2.45. The highest BCUT2D eigenvalue weighted by Crippen LogP contribution is 2.30. The standard InChI is InChI=1S/C14H19N3S/c15-12-3-1-11(2-4-12)9-17-7-5-13-14(6-8-17)18-10-16-13/h1-4,10,13-14H,5-9,15H2. The van der Waals surface area contributed by atoms with Gasteiger partial charge in [0.1, 0.15) is 0 Å². The van der Waals surface area contributed by atoms with Crippen LogP contribution in [-0.4, -0.2) is 34.8 Å². The van der Waals surface area contributed by atoms with Crippen molar-refractivity contribution in [3.8, 4) is 0 Å². The van der Waals surface area contributed by atoms with Crippen LogP contribution in [-0.2, 0) is 6.54 Å². The minimum Gasteiger partial charge on any atom is -0.399 e. The maximum absolute atomic E-state index is 5.71. The number of hydrogen-bond acceptors (Lipinski definition) is 4. The Labute approximate surface area is 112 Å². The normalized spacial score (nSPS) is 28.0. The Morgan fingerprint density at radius 1 is 1.22 bits per heavy atom. The second-order valence-corrected chi connectivity index (χ2v) is 6.18. The zero-order valence-electron chi connectivity index (χ0n) is 10.5. The molecule has 3 rings (SSSR count). The maximum Gasteiger partial charge on any atom is 0.0640 e. The Bertz CT molecular complexity index is 429. The molecule has 2 aliphatic rings. The van der Waals surface area contributed by atoms with E-state index < -0.39 is 0 Å². The number of aliphatic imine (C=N–C) groups is 1. The van der Waals surface area contributed by atoms with Crippen LogP contribution in [0.15, 0.2) is 29.3 Å². The lowest BCUT2D eigenvalue weighted by molar-refractivity contribution is 0.276. The fourth-order valence-electron chi connectivity index (χ4n) is 2.67. The fourth-order valence-corrected chi connectivity index (χ4v) is 3.69. The molecule has 4 heteroatoms. The van der Waals surface area contributed by atoms with Crippen molar-refractivity contribution in [2.24, 2.45) is 4.99 Å². The first-order valence-electron chi connectivity index (χ1n) is 6.55. The fraction of sp³-hybridized carbons (Fsp3) is 0.500. The number of nitrogens with zero attached hydrogens (tertiary/aromatic N) is 2. The van der Waals surface area contributed by atoms with Gasteiger partial charge in [-0.25, -0.2) is 0 Å². The highest BCUT2D eigenvalue weighted by molar-refractivity contribution is 8.12. The molecule has 1 aromatic rings. The first-order valence-corrected chi connectivity index (χ1v) is 7.49. The largest absolute Gasteiger partial charge is 0.399 e. The summed E-state index contributed by atoms with van der Waals surface area (Å²) in [6.45, 7) is 3.37. The Morgan fingerprint density at radius 2 is 2.00 bits per heavy atom. The highest BCUT2D eigenvalue weighted by atomic mass is 32.2. The zero-order chi connectivity index (χ0) is 12.4. The average molecular weight is 261 g/mol. The van der Waals surface area contributed by atoms with Gasteiger partial charge in [-0.2, -0.15) is 0 Å². The van der Waals surface area contributed by atoms with E-state index in [1.54, 1.807) is 0 Å². The summed E-state index contributed by atoms with van der Waals surface area (Å²) < 4.78 is 0. The van der Waals surface area contributed by atoms with E-state index in [-0.39, 0.29) is 0 Å². The van der Waals surface area contributed by atoms with Gasteiger partial charge in [0, 0.05) is 24.0 Å². The molecule has 1 aromatic carbocycles. The molecule has 3 nitrogen and oxygen atoms in total. The lowest BCUT2D eigenvalue weighted by Gasteiger charge is -2.20. The number of nitrogens with two attached hydrogens (primary N) is 1. The van der Waals surface area contributed by atoms with E-state index in [1.807, 2.05) is 29.4 Å². The van der Waals surface area contributed by atoms with Crippen LogP contribution in [0.5, 0.6) is 0 Å². The van der Waals surface area contributed by atoms with Crippen molar-refractivity contribution >= 4 is 23.0 Å². The molecule has 2 N–H and O–H groups in total. The molecular formula is C14H19N3S.